The van der Waals surface area contributed by atoms with Crippen molar-refractivity contribution in [3.05, 3.63) is 79.9 Å². The number of Topliss-reactive ketones (excluding diaryl/α,β-unsaturated/α-hetero) is 1. The van der Waals surface area contributed by atoms with Crippen molar-refractivity contribution >= 4 is 22.4 Å². The van der Waals surface area contributed by atoms with Gasteiger partial charge in [-0.15, -0.1) is 0 Å². The number of carbonyl (C=O) groups is 1. The standard InChI is InChI=1S/C19H15N3O4/c23-18(14-5-4-12-2-1-3-13(12)8-14)10-21-11-20-17-9-15(22(25)26)6-7-16(17)19(21)24/h4-9,11H,1-3,10H2. The predicted octanol–water partition coefficient (Wildman–Crippen LogP) is 2.68. The van der Waals surface area contributed by atoms with E-state index in [0.29, 0.717) is 5.56 Å². The van der Waals surface area contributed by atoms with Gasteiger partial charge in [0.25, 0.3) is 11.2 Å². The SMILES string of the molecule is O=C(Cn1cnc2cc([N+](=O)[O-])ccc2c1=O)c1ccc2c(c1)CCC2. The van der Waals surface area contributed by atoms with Gasteiger partial charge in [0.15, 0.2) is 5.78 Å². The van der Waals surface area contributed by atoms with E-state index in [0.717, 1.165) is 19.3 Å². The van der Waals surface area contributed by atoms with Crippen LogP contribution in [0.5, 0.6) is 0 Å². The van der Waals surface area contributed by atoms with Crippen molar-refractivity contribution in [2.24, 2.45) is 0 Å². The molecule has 4 rings (SSSR count). The van der Waals surface area contributed by atoms with Crippen molar-refractivity contribution in [2.75, 3.05) is 0 Å². The van der Waals surface area contributed by atoms with Crippen LogP contribution in [0, 0.1) is 10.1 Å². The Balaban J connectivity index is 1.65. The number of hydrogen-bond acceptors (Lipinski definition) is 5. The van der Waals surface area contributed by atoms with E-state index in [1.807, 2.05) is 12.1 Å². The summed E-state index contributed by atoms with van der Waals surface area (Å²) in [6.07, 6.45) is 4.39. The van der Waals surface area contributed by atoms with Crippen molar-refractivity contribution in [3.8, 4) is 0 Å². The maximum atomic E-state index is 12.6. The monoisotopic (exact) mass is 349 g/mol. The van der Waals surface area contributed by atoms with E-state index in [4.69, 9.17) is 0 Å². The zero-order valence-corrected chi connectivity index (χ0v) is 13.8. The number of ketones is 1. The van der Waals surface area contributed by atoms with E-state index in [1.54, 1.807) is 6.07 Å². The molecule has 3 aromatic rings. The molecule has 1 aliphatic carbocycles. The van der Waals surface area contributed by atoms with Crippen LogP contribution in [0.4, 0.5) is 5.69 Å². The van der Waals surface area contributed by atoms with Crippen LogP contribution in [-0.4, -0.2) is 20.3 Å². The summed E-state index contributed by atoms with van der Waals surface area (Å²) in [4.78, 5) is 39.5. The lowest BCUT2D eigenvalue weighted by Gasteiger charge is -2.07. The molecular weight excluding hydrogens is 334 g/mol. The van der Waals surface area contributed by atoms with Crippen LogP contribution in [-0.2, 0) is 19.4 Å². The predicted molar refractivity (Wildman–Crippen MR) is 95.5 cm³/mol. The second-order valence-corrected chi connectivity index (χ2v) is 6.40. The third-order valence-corrected chi connectivity index (χ3v) is 4.75. The van der Waals surface area contributed by atoms with Gasteiger partial charge in [0.2, 0.25) is 0 Å². The molecule has 1 aliphatic rings. The average Bonchev–Trinajstić information content (AvgIpc) is 3.11. The molecule has 1 heterocycles. The van der Waals surface area contributed by atoms with Gasteiger partial charge in [-0.25, -0.2) is 4.98 Å². The molecule has 0 saturated heterocycles. The number of aromatic nitrogens is 2. The summed E-state index contributed by atoms with van der Waals surface area (Å²) in [5.41, 5.74) is 2.79. The Morgan fingerprint density at radius 1 is 1.15 bits per heavy atom. The zero-order valence-electron chi connectivity index (χ0n) is 13.8. The smallest absolute Gasteiger partial charge is 0.271 e. The fourth-order valence-corrected chi connectivity index (χ4v) is 3.36. The maximum absolute atomic E-state index is 12.6. The van der Waals surface area contributed by atoms with E-state index < -0.39 is 4.92 Å². The Bertz CT molecular complexity index is 1120. The first-order chi connectivity index (χ1) is 12.5. The van der Waals surface area contributed by atoms with Crippen LogP contribution in [0.1, 0.15) is 27.9 Å². The molecule has 0 radical (unpaired) electrons. The normalized spacial score (nSPS) is 12.9. The number of nitro benzene ring substituents is 1. The first-order valence-corrected chi connectivity index (χ1v) is 8.31. The van der Waals surface area contributed by atoms with Gasteiger partial charge >= 0.3 is 0 Å². The minimum Gasteiger partial charge on any atom is -0.292 e. The summed E-state index contributed by atoms with van der Waals surface area (Å²) in [7, 11) is 0. The largest absolute Gasteiger partial charge is 0.292 e. The Morgan fingerprint density at radius 2 is 1.96 bits per heavy atom. The van der Waals surface area contributed by atoms with Crippen molar-refractivity contribution in [1.82, 2.24) is 9.55 Å². The van der Waals surface area contributed by atoms with Gasteiger partial charge in [0, 0.05) is 17.7 Å². The van der Waals surface area contributed by atoms with Crippen LogP contribution in [0.3, 0.4) is 0 Å². The van der Waals surface area contributed by atoms with Crippen LogP contribution in [0.15, 0.2) is 47.5 Å². The zero-order chi connectivity index (χ0) is 18.3. The Kier molecular flexibility index (Phi) is 3.84. The second kappa shape index (κ2) is 6.18. The number of benzene rings is 2. The van der Waals surface area contributed by atoms with E-state index in [1.165, 1.54) is 40.2 Å². The summed E-state index contributed by atoms with van der Waals surface area (Å²) in [5.74, 6) is -0.162. The van der Waals surface area contributed by atoms with E-state index in [9.17, 15) is 19.7 Å². The Labute approximate surface area is 148 Å². The van der Waals surface area contributed by atoms with Crippen LogP contribution in [0.25, 0.3) is 10.9 Å². The summed E-state index contributed by atoms with van der Waals surface area (Å²) < 4.78 is 1.24. The van der Waals surface area contributed by atoms with Crippen molar-refractivity contribution in [3.63, 3.8) is 0 Å². The van der Waals surface area contributed by atoms with Gasteiger partial charge in [-0.2, -0.15) is 0 Å². The highest BCUT2D eigenvalue weighted by Crippen LogP contribution is 2.23. The molecule has 0 aliphatic heterocycles. The Morgan fingerprint density at radius 3 is 2.77 bits per heavy atom. The summed E-state index contributed by atoms with van der Waals surface area (Å²) >= 11 is 0. The maximum Gasteiger partial charge on any atom is 0.271 e. The number of hydrogen-bond donors (Lipinski definition) is 0. The molecule has 1 aromatic heterocycles. The van der Waals surface area contributed by atoms with Gasteiger partial charge in [0.1, 0.15) is 0 Å². The highest BCUT2D eigenvalue weighted by Gasteiger charge is 2.16. The van der Waals surface area contributed by atoms with Gasteiger partial charge in [0.05, 0.1) is 28.7 Å². The molecule has 0 atom stereocenters. The highest BCUT2D eigenvalue weighted by atomic mass is 16.6. The molecular formula is C19H15N3O4. The number of nitro groups is 1. The Hall–Kier alpha value is -3.35. The van der Waals surface area contributed by atoms with Gasteiger partial charge in [-0.1, -0.05) is 12.1 Å². The molecule has 2 aromatic carbocycles. The minimum atomic E-state index is -0.538. The number of aryl methyl sites for hydroxylation is 2. The molecule has 7 heteroatoms. The van der Waals surface area contributed by atoms with Crippen LogP contribution < -0.4 is 5.56 Å². The van der Waals surface area contributed by atoms with Crippen LogP contribution in [0.2, 0.25) is 0 Å². The van der Waals surface area contributed by atoms with Gasteiger partial charge < -0.3 is 0 Å². The second-order valence-electron chi connectivity index (χ2n) is 6.40. The number of fused-ring (bicyclic) bond motifs is 2. The minimum absolute atomic E-state index is 0.114. The first-order valence-electron chi connectivity index (χ1n) is 8.31. The molecule has 130 valence electrons. The van der Waals surface area contributed by atoms with Crippen molar-refractivity contribution in [1.29, 1.82) is 0 Å². The molecule has 0 saturated carbocycles. The quantitative estimate of drug-likeness (QED) is 0.410. The number of non-ortho nitro benzene ring substituents is 1. The number of nitrogens with zero attached hydrogens (tertiary/aromatic N) is 3. The molecule has 0 amide bonds. The first kappa shape index (κ1) is 16.1. The summed E-state index contributed by atoms with van der Waals surface area (Å²) in [6, 6.07) is 9.58. The molecule has 26 heavy (non-hydrogen) atoms. The van der Waals surface area contributed by atoms with E-state index >= 15 is 0 Å². The molecule has 7 nitrogen and oxygen atoms in total. The highest BCUT2D eigenvalue weighted by molar-refractivity contribution is 5.96. The van der Waals surface area contributed by atoms with Gasteiger partial charge in [-0.3, -0.25) is 24.3 Å². The van der Waals surface area contributed by atoms with Crippen molar-refractivity contribution in [2.45, 2.75) is 25.8 Å². The fourth-order valence-electron chi connectivity index (χ4n) is 3.36. The third-order valence-electron chi connectivity index (χ3n) is 4.75. The lowest BCUT2D eigenvalue weighted by atomic mass is 10.0. The third kappa shape index (κ3) is 2.77. The molecule has 0 N–H and O–H groups in total. The van der Waals surface area contributed by atoms with E-state index in [2.05, 4.69) is 4.98 Å². The number of rotatable bonds is 4. The molecule has 0 spiro atoms. The lowest BCUT2D eigenvalue weighted by molar-refractivity contribution is -0.384. The lowest BCUT2D eigenvalue weighted by Crippen LogP contribution is -2.24. The fraction of sp³-hybridized carbons (Fsp3) is 0.211. The summed E-state index contributed by atoms with van der Waals surface area (Å²) in [5, 5.41) is 11.1. The molecule has 0 fully saturated rings. The molecule has 0 bridgehead atoms. The summed E-state index contributed by atoms with van der Waals surface area (Å²) in [6.45, 7) is -0.114. The number of carbonyl (C=O) groups excluding carboxylic acids is 1. The average molecular weight is 349 g/mol. The topological polar surface area (TPSA) is 95.1 Å². The van der Waals surface area contributed by atoms with E-state index in [-0.39, 0.29) is 34.5 Å². The van der Waals surface area contributed by atoms with Gasteiger partial charge in [-0.05, 0) is 42.5 Å². The van der Waals surface area contributed by atoms with Crippen molar-refractivity contribution < 1.29 is 9.72 Å². The van der Waals surface area contributed by atoms with Crippen LogP contribution >= 0.6 is 0 Å². The molecule has 0 unspecified atom stereocenters.